The number of nitrogens with one attached hydrogen (secondary N) is 2. The van der Waals surface area contributed by atoms with Crippen LogP contribution in [-0.2, 0) is 14.3 Å². The number of carbonyl (C=O) groups is 4. The third kappa shape index (κ3) is 9.16. The number of aliphatic hydroxyl groups is 1. The van der Waals surface area contributed by atoms with Gasteiger partial charge in [-0.15, -0.1) is 23.5 Å². The van der Waals surface area contributed by atoms with Gasteiger partial charge in [-0.25, -0.2) is 9.97 Å². The van der Waals surface area contributed by atoms with E-state index in [1.54, 1.807) is 23.5 Å². The van der Waals surface area contributed by atoms with Gasteiger partial charge >= 0.3 is 11.9 Å². The van der Waals surface area contributed by atoms with Crippen molar-refractivity contribution in [2.75, 3.05) is 47.5 Å². The summed E-state index contributed by atoms with van der Waals surface area (Å²) < 4.78 is 6.68. The average molecular weight is 969 g/mol. The third-order valence-corrected chi connectivity index (χ3v) is 20.1. The van der Waals surface area contributed by atoms with Crippen molar-refractivity contribution in [3.63, 3.8) is 0 Å². The van der Waals surface area contributed by atoms with Crippen LogP contribution in [0.15, 0.2) is 34.3 Å². The number of carboxylic acid groups (broad SMARTS) is 1. The molecule has 68 heavy (non-hydrogen) atoms. The lowest BCUT2D eigenvalue weighted by molar-refractivity contribution is -0.192. The molecule has 13 nitrogen and oxygen atoms in total. The van der Waals surface area contributed by atoms with Crippen molar-refractivity contribution in [2.24, 2.45) is 71.0 Å². The Hall–Kier alpha value is -3.56. The number of nitrogens with zero attached hydrogens (tertiary/aromatic N) is 4. The van der Waals surface area contributed by atoms with Gasteiger partial charge < -0.3 is 35.4 Å². The molecule has 9 aliphatic carbocycles. The van der Waals surface area contributed by atoms with Crippen LogP contribution in [0.3, 0.4) is 0 Å². The van der Waals surface area contributed by atoms with E-state index in [2.05, 4.69) is 43.2 Å². The minimum atomic E-state index is -0.778. The molecule has 15 heteroatoms. The highest BCUT2D eigenvalue weighted by Gasteiger charge is 2.64. The number of pyridine rings is 2. The topological polar surface area (TPSA) is 174 Å². The largest absolute Gasteiger partial charge is 0.481 e. The van der Waals surface area contributed by atoms with E-state index in [-0.39, 0.29) is 59.5 Å². The van der Waals surface area contributed by atoms with Gasteiger partial charge in [-0.2, -0.15) is 0 Å². The Labute approximate surface area is 410 Å². The lowest BCUT2D eigenvalue weighted by Crippen LogP contribution is -2.62. The van der Waals surface area contributed by atoms with Gasteiger partial charge in [-0.05, 0) is 178 Å². The van der Waals surface area contributed by atoms with Gasteiger partial charge in [0.15, 0.2) is 0 Å². The molecule has 0 aromatic carbocycles. The Morgan fingerprint density at radius 1 is 0.706 bits per heavy atom. The first-order chi connectivity index (χ1) is 32.6. The minimum Gasteiger partial charge on any atom is -0.481 e. The van der Waals surface area contributed by atoms with Crippen LogP contribution in [0.1, 0.15) is 132 Å². The lowest BCUT2D eigenvalue weighted by Gasteiger charge is -2.59. The SMILES string of the molecule is CC(C)CCSc1nc(N2CCC(C(=O)O)C2)ccc1C(=O)NC1C2CC3CC1CC(OC(=O)C1[C@H]4CN(c5ccc(C(=O)NC6C7CC8C[C@@H]6CC(O)(C8)C7)c(SCCC(C)C)n5)C[C@@H]14)(C3)C2. The fourth-order valence-corrected chi connectivity index (χ4v) is 17.6. The molecule has 368 valence electrons. The number of aliphatic carboxylic acids is 1. The Balaban J connectivity index is 0.712. The molecule has 2 aromatic rings. The van der Waals surface area contributed by atoms with Crippen molar-refractivity contribution in [1.29, 1.82) is 0 Å². The number of aromatic nitrogens is 2. The quantitative estimate of drug-likeness (QED) is 0.0890. The Bertz CT molecular complexity index is 2270. The molecular weight excluding hydrogens is 897 g/mol. The van der Waals surface area contributed by atoms with E-state index < -0.39 is 23.1 Å². The van der Waals surface area contributed by atoms with E-state index >= 15 is 0 Å². The van der Waals surface area contributed by atoms with Crippen LogP contribution in [0.5, 0.6) is 0 Å². The monoisotopic (exact) mass is 968 g/mol. The van der Waals surface area contributed by atoms with E-state index in [4.69, 9.17) is 14.7 Å². The van der Waals surface area contributed by atoms with Crippen molar-refractivity contribution < 1.29 is 34.1 Å². The second-order valence-electron chi connectivity index (χ2n) is 23.9. The molecule has 13 rings (SSSR count). The van der Waals surface area contributed by atoms with Crippen LogP contribution in [-0.4, -0.2) is 105 Å². The number of ether oxygens (including phenoxy) is 1. The van der Waals surface area contributed by atoms with Crippen molar-refractivity contribution in [3.8, 4) is 0 Å². The van der Waals surface area contributed by atoms with Crippen molar-refractivity contribution in [1.82, 2.24) is 20.6 Å². The smallest absolute Gasteiger partial charge is 0.310 e. The second kappa shape index (κ2) is 18.2. The first-order valence-electron chi connectivity index (χ1n) is 26.2. The number of carboxylic acids is 1. The van der Waals surface area contributed by atoms with Gasteiger partial charge in [0.05, 0.1) is 28.6 Å². The van der Waals surface area contributed by atoms with Gasteiger partial charge in [0.25, 0.3) is 11.8 Å². The average Bonchev–Trinajstić information content (AvgIpc) is 3.55. The molecule has 0 radical (unpaired) electrons. The van der Waals surface area contributed by atoms with Crippen molar-refractivity contribution in [3.05, 3.63) is 35.4 Å². The molecule has 8 bridgehead atoms. The zero-order chi connectivity index (χ0) is 47.2. The number of hydrogen-bond acceptors (Lipinski definition) is 12. The summed E-state index contributed by atoms with van der Waals surface area (Å²) in [6.45, 7) is 11.4. The molecule has 9 saturated carbocycles. The first kappa shape index (κ1) is 46.8. The van der Waals surface area contributed by atoms with Crippen LogP contribution < -0.4 is 20.4 Å². The van der Waals surface area contributed by atoms with E-state index in [1.165, 1.54) is 0 Å². The summed E-state index contributed by atoms with van der Waals surface area (Å²) in [6, 6.07) is 7.84. The minimum absolute atomic E-state index is 0.0208. The van der Waals surface area contributed by atoms with Gasteiger partial charge in [0.1, 0.15) is 27.3 Å². The predicted octanol–water partition coefficient (Wildman–Crippen LogP) is 7.94. The highest BCUT2D eigenvalue weighted by Crippen LogP contribution is 2.60. The second-order valence-corrected chi connectivity index (χ2v) is 26.1. The summed E-state index contributed by atoms with van der Waals surface area (Å²) in [4.78, 5) is 68.5. The molecule has 4 N–H and O–H groups in total. The lowest BCUT2D eigenvalue weighted by atomic mass is 9.52. The summed E-state index contributed by atoms with van der Waals surface area (Å²) in [5.41, 5.74) is 0.212. The van der Waals surface area contributed by atoms with Crippen LogP contribution in [0.2, 0.25) is 0 Å². The Morgan fingerprint density at radius 2 is 1.21 bits per heavy atom. The number of hydrogen-bond donors (Lipinski definition) is 4. The van der Waals surface area contributed by atoms with Crippen LogP contribution in [0.4, 0.5) is 11.6 Å². The third-order valence-electron chi connectivity index (χ3n) is 18.1. The molecule has 2 aliphatic heterocycles. The Morgan fingerprint density at radius 3 is 1.69 bits per heavy atom. The number of piperidine rings is 1. The summed E-state index contributed by atoms with van der Waals surface area (Å²) in [6.07, 6.45) is 11.9. The maximum absolute atomic E-state index is 14.2. The summed E-state index contributed by atoms with van der Waals surface area (Å²) in [5, 5.41) is 29.1. The molecule has 4 heterocycles. The van der Waals surface area contributed by atoms with Crippen molar-refractivity contribution >= 4 is 58.9 Å². The zero-order valence-electron chi connectivity index (χ0n) is 40.4. The molecule has 11 atom stereocenters. The maximum Gasteiger partial charge on any atom is 0.310 e. The van der Waals surface area contributed by atoms with Gasteiger partial charge in [0.2, 0.25) is 0 Å². The number of amides is 2. The highest BCUT2D eigenvalue weighted by molar-refractivity contribution is 7.99. The number of anilines is 2. The number of carbonyl (C=O) groups excluding carboxylic acids is 3. The maximum atomic E-state index is 14.2. The summed E-state index contributed by atoms with van der Waals surface area (Å²) in [5.74, 6) is 5.62. The fourth-order valence-electron chi connectivity index (χ4n) is 15.1. The fraction of sp³-hybridized carbons (Fsp3) is 0.736. The molecule has 11 fully saturated rings. The first-order valence-corrected chi connectivity index (χ1v) is 28.1. The van der Waals surface area contributed by atoms with E-state index in [9.17, 15) is 29.4 Å². The van der Waals surface area contributed by atoms with E-state index in [1.807, 2.05) is 29.2 Å². The van der Waals surface area contributed by atoms with Crippen LogP contribution in [0.25, 0.3) is 0 Å². The van der Waals surface area contributed by atoms with E-state index in [0.29, 0.717) is 71.2 Å². The van der Waals surface area contributed by atoms with Crippen LogP contribution in [0, 0.1) is 71.0 Å². The predicted molar refractivity (Wildman–Crippen MR) is 263 cm³/mol. The number of fused-ring (bicyclic) bond motifs is 1. The van der Waals surface area contributed by atoms with Gasteiger partial charge in [-0.1, -0.05) is 27.7 Å². The highest BCUT2D eigenvalue weighted by atomic mass is 32.2. The molecule has 2 amide bonds. The van der Waals surface area contributed by atoms with Crippen LogP contribution >= 0.6 is 23.5 Å². The normalized spacial score (nSPS) is 37.0. The molecular formula is C53H72N6O7S2. The molecule has 2 saturated heterocycles. The molecule has 2 aromatic heterocycles. The summed E-state index contributed by atoms with van der Waals surface area (Å²) in [7, 11) is 0. The standard InChI is InChI=1S/C53H72N6O7S2/c1-28(2)10-13-67-48-37(5-7-41(54-48)58-12-9-32(25-58)50(62)63)47(61)57-45-35-17-31-18-36(45)24-53(20-31,23-35)66-51(64)43-39-26-59(27-40(39)43)42-8-6-38(49(55-42)68-14-11-29(3)4)46(60)56-44-33-15-30-16-34(44)22-52(65,19-30)21-33/h5-8,28-36,39-40,43-45,65H,9-27H2,1-4H3,(H,56,60)(H,57,61)(H,62,63)/t30?,31?,32?,33-,34?,35?,36?,39-,40+,43?,44?,45?,52?,53?/m1/s1. The summed E-state index contributed by atoms with van der Waals surface area (Å²) >= 11 is 3.28. The Kier molecular flexibility index (Phi) is 12.6. The molecule has 0 spiro atoms. The number of esters is 1. The number of thioether (sulfide) groups is 2. The molecule has 11 aliphatic rings. The van der Waals surface area contributed by atoms with Crippen molar-refractivity contribution in [2.45, 2.75) is 145 Å². The van der Waals surface area contributed by atoms with Gasteiger partial charge in [0, 0.05) is 38.3 Å². The van der Waals surface area contributed by atoms with E-state index in [0.717, 1.165) is 118 Å². The zero-order valence-corrected chi connectivity index (χ0v) is 42.0. The van der Waals surface area contributed by atoms with Gasteiger partial charge in [-0.3, -0.25) is 19.2 Å². The number of rotatable bonds is 17. The molecule has 8 unspecified atom stereocenters.